The van der Waals surface area contributed by atoms with Crippen LogP contribution < -0.4 is 4.74 Å². The van der Waals surface area contributed by atoms with Crippen molar-refractivity contribution in [1.29, 1.82) is 0 Å². The molecule has 88 valence electrons. The molecule has 1 aromatic carbocycles. The summed E-state index contributed by atoms with van der Waals surface area (Å²) in [6, 6.07) is 5.52. The van der Waals surface area contributed by atoms with Gasteiger partial charge in [-0.05, 0) is 36.1 Å². The number of benzene rings is 1. The lowest BCUT2D eigenvalue weighted by atomic mass is 10.0. The van der Waals surface area contributed by atoms with Crippen LogP contribution in [0.1, 0.15) is 24.8 Å². The standard InChI is InChI=1S/C13H17ClO2/c1-16-13-5-4-11(14)7-10(13)8-12(15)6-9-2-3-9/h4-5,7,9,12,15H,2-3,6,8H2,1H3. The predicted octanol–water partition coefficient (Wildman–Crippen LogP) is 3.05. The lowest BCUT2D eigenvalue weighted by molar-refractivity contribution is 0.157. The van der Waals surface area contributed by atoms with Crippen LogP contribution in [-0.4, -0.2) is 18.3 Å². The van der Waals surface area contributed by atoms with Crippen molar-refractivity contribution in [2.24, 2.45) is 5.92 Å². The average molecular weight is 241 g/mol. The number of aliphatic hydroxyl groups is 1. The maximum Gasteiger partial charge on any atom is 0.122 e. The summed E-state index contributed by atoms with van der Waals surface area (Å²) in [6.45, 7) is 0. The summed E-state index contributed by atoms with van der Waals surface area (Å²) >= 11 is 5.94. The third-order valence-corrected chi connectivity index (χ3v) is 3.24. The van der Waals surface area contributed by atoms with E-state index in [-0.39, 0.29) is 6.10 Å². The largest absolute Gasteiger partial charge is 0.496 e. The van der Waals surface area contributed by atoms with Crippen molar-refractivity contribution in [1.82, 2.24) is 0 Å². The average Bonchev–Trinajstić information content (AvgIpc) is 3.02. The fourth-order valence-electron chi connectivity index (χ4n) is 1.98. The van der Waals surface area contributed by atoms with E-state index in [1.54, 1.807) is 13.2 Å². The highest BCUT2D eigenvalue weighted by Crippen LogP contribution is 2.34. The van der Waals surface area contributed by atoms with E-state index in [0.29, 0.717) is 11.4 Å². The van der Waals surface area contributed by atoms with E-state index in [9.17, 15) is 5.11 Å². The zero-order valence-electron chi connectivity index (χ0n) is 9.45. The first-order valence-electron chi connectivity index (χ1n) is 5.69. The minimum Gasteiger partial charge on any atom is -0.496 e. The minimum atomic E-state index is -0.278. The third kappa shape index (κ3) is 3.13. The van der Waals surface area contributed by atoms with Gasteiger partial charge in [-0.25, -0.2) is 0 Å². The molecule has 16 heavy (non-hydrogen) atoms. The number of hydrogen-bond donors (Lipinski definition) is 1. The van der Waals surface area contributed by atoms with Crippen LogP contribution >= 0.6 is 11.6 Å². The smallest absolute Gasteiger partial charge is 0.122 e. The molecule has 1 saturated carbocycles. The second kappa shape index (κ2) is 5.07. The number of ether oxygens (including phenoxy) is 1. The van der Waals surface area contributed by atoms with Gasteiger partial charge in [0.2, 0.25) is 0 Å². The molecule has 1 aromatic rings. The zero-order valence-corrected chi connectivity index (χ0v) is 10.2. The highest BCUT2D eigenvalue weighted by Gasteiger charge is 2.25. The van der Waals surface area contributed by atoms with Gasteiger partial charge < -0.3 is 9.84 Å². The normalized spacial score (nSPS) is 17.2. The van der Waals surface area contributed by atoms with Crippen LogP contribution in [0.3, 0.4) is 0 Å². The van der Waals surface area contributed by atoms with E-state index in [1.807, 2.05) is 12.1 Å². The second-order valence-corrected chi connectivity index (χ2v) is 4.93. The fourth-order valence-corrected chi connectivity index (χ4v) is 2.18. The molecule has 2 rings (SSSR count). The van der Waals surface area contributed by atoms with Crippen LogP contribution in [0.25, 0.3) is 0 Å². The number of hydrogen-bond acceptors (Lipinski definition) is 2. The van der Waals surface area contributed by atoms with Crippen molar-refractivity contribution in [3.05, 3.63) is 28.8 Å². The molecular weight excluding hydrogens is 224 g/mol. The Kier molecular flexibility index (Phi) is 3.72. The van der Waals surface area contributed by atoms with Crippen molar-refractivity contribution >= 4 is 11.6 Å². The van der Waals surface area contributed by atoms with Crippen molar-refractivity contribution in [3.63, 3.8) is 0 Å². The van der Waals surface area contributed by atoms with Crippen LogP contribution in [0.5, 0.6) is 5.75 Å². The van der Waals surface area contributed by atoms with E-state index in [0.717, 1.165) is 23.7 Å². The van der Waals surface area contributed by atoms with Crippen LogP contribution in [0.4, 0.5) is 0 Å². The van der Waals surface area contributed by atoms with E-state index < -0.39 is 0 Å². The quantitative estimate of drug-likeness (QED) is 0.857. The molecule has 1 unspecified atom stereocenters. The van der Waals surface area contributed by atoms with Gasteiger partial charge in [-0.1, -0.05) is 24.4 Å². The molecule has 0 heterocycles. The monoisotopic (exact) mass is 240 g/mol. The number of aliphatic hydroxyl groups excluding tert-OH is 1. The van der Waals surface area contributed by atoms with E-state index in [2.05, 4.69) is 0 Å². The SMILES string of the molecule is COc1ccc(Cl)cc1CC(O)CC1CC1. The first-order valence-corrected chi connectivity index (χ1v) is 6.07. The summed E-state index contributed by atoms with van der Waals surface area (Å²) < 4.78 is 5.25. The Morgan fingerprint density at radius 2 is 2.25 bits per heavy atom. The van der Waals surface area contributed by atoms with Gasteiger partial charge in [0.15, 0.2) is 0 Å². The summed E-state index contributed by atoms with van der Waals surface area (Å²) in [5.41, 5.74) is 0.989. The van der Waals surface area contributed by atoms with Gasteiger partial charge in [0.25, 0.3) is 0 Å². The van der Waals surface area contributed by atoms with Crippen molar-refractivity contribution in [2.75, 3.05) is 7.11 Å². The Morgan fingerprint density at radius 1 is 1.50 bits per heavy atom. The summed E-state index contributed by atoms with van der Waals surface area (Å²) in [5.74, 6) is 1.54. The molecular formula is C13H17ClO2. The molecule has 0 amide bonds. The molecule has 1 aliphatic carbocycles. The van der Waals surface area contributed by atoms with Gasteiger partial charge in [0.05, 0.1) is 13.2 Å². The molecule has 1 atom stereocenters. The maximum absolute atomic E-state index is 9.93. The summed E-state index contributed by atoms with van der Waals surface area (Å²) in [6.07, 6.45) is 3.78. The topological polar surface area (TPSA) is 29.5 Å². The van der Waals surface area contributed by atoms with Crippen LogP contribution in [0.15, 0.2) is 18.2 Å². The van der Waals surface area contributed by atoms with Gasteiger partial charge >= 0.3 is 0 Å². The Balaban J connectivity index is 2.02. The molecule has 0 aliphatic heterocycles. The van der Waals surface area contributed by atoms with E-state index in [1.165, 1.54) is 12.8 Å². The maximum atomic E-state index is 9.93. The first kappa shape index (κ1) is 11.7. The molecule has 3 heteroatoms. The second-order valence-electron chi connectivity index (χ2n) is 4.49. The molecule has 0 spiro atoms. The Labute approximate surface area is 101 Å². The first-order chi connectivity index (χ1) is 7.69. The fraction of sp³-hybridized carbons (Fsp3) is 0.538. The Bertz CT molecular complexity index is 361. The van der Waals surface area contributed by atoms with E-state index in [4.69, 9.17) is 16.3 Å². The van der Waals surface area contributed by atoms with Crippen LogP contribution in [-0.2, 0) is 6.42 Å². The van der Waals surface area contributed by atoms with Gasteiger partial charge in [0, 0.05) is 11.4 Å². The Hall–Kier alpha value is -0.730. The summed E-state index contributed by atoms with van der Waals surface area (Å²) in [4.78, 5) is 0. The molecule has 1 aliphatic rings. The number of halogens is 1. The summed E-state index contributed by atoms with van der Waals surface area (Å²) in [5, 5.41) is 10.6. The Morgan fingerprint density at radius 3 is 2.88 bits per heavy atom. The highest BCUT2D eigenvalue weighted by atomic mass is 35.5. The van der Waals surface area contributed by atoms with Crippen LogP contribution in [0, 0.1) is 5.92 Å². The molecule has 1 N–H and O–H groups in total. The molecule has 0 radical (unpaired) electrons. The lowest BCUT2D eigenvalue weighted by Gasteiger charge is -2.13. The molecule has 0 bridgehead atoms. The van der Waals surface area contributed by atoms with Crippen molar-refractivity contribution < 1.29 is 9.84 Å². The lowest BCUT2D eigenvalue weighted by Crippen LogP contribution is -2.12. The molecule has 0 aromatic heterocycles. The van der Waals surface area contributed by atoms with Gasteiger partial charge in [0.1, 0.15) is 5.75 Å². The number of rotatable bonds is 5. The van der Waals surface area contributed by atoms with Crippen molar-refractivity contribution in [2.45, 2.75) is 31.8 Å². The van der Waals surface area contributed by atoms with Gasteiger partial charge in [-0.15, -0.1) is 0 Å². The van der Waals surface area contributed by atoms with Crippen molar-refractivity contribution in [3.8, 4) is 5.75 Å². The van der Waals surface area contributed by atoms with Gasteiger partial charge in [-0.3, -0.25) is 0 Å². The van der Waals surface area contributed by atoms with E-state index >= 15 is 0 Å². The zero-order chi connectivity index (χ0) is 11.5. The highest BCUT2D eigenvalue weighted by molar-refractivity contribution is 6.30. The molecule has 2 nitrogen and oxygen atoms in total. The predicted molar refractivity (Wildman–Crippen MR) is 65.1 cm³/mol. The molecule has 0 saturated heterocycles. The number of methoxy groups -OCH3 is 1. The third-order valence-electron chi connectivity index (χ3n) is 3.00. The van der Waals surface area contributed by atoms with Gasteiger partial charge in [-0.2, -0.15) is 0 Å². The minimum absolute atomic E-state index is 0.278. The van der Waals surface area contributed by atoms with Crippen LogP contribution in [0.2, 0.25) is 5.02 Å². The molecule has 1 fully saturated rings. The summed E-state index contributed by atoms with van der Waals surface area (Å²) in [7, 11) is 1.64.